The molecule has 0 atom stereocenters. The highest BCUT2D eigenvalue weighted by Crippen LogP contribution is 2.24. The van der Waals surface area contributed by atoms with E-state index in [0.29, 0.717) is 12.5 Å². The lowest BCUT2D eigenvalue weighted by Gasteiger charge is -2.21. The Morgan fingerprint density at radius 3 is 2.38 bits per heavy atom. The van der Waals surface area contributed by atoms with Gasteiger partial charge in [0.05, 0.1) is 6.10 Å². The maximum atomic E-state index is 5.98. The highest BCUT2D eigenvalue weighted by Gasteiger charge is 2.14. The van der Waals surface area contributed by atoms with E-state index in [1.807, 2.05) is 49.9 Å². The molecule has 0 radical (unpaired) electrons. The molecule has 0 amide bonds. The lowest BCUT2D eigenvalue weighted by atomic mass is 10.2. The number of ether oxygens (including phenoxy) is 1. The topological polar surface area (TPSA) is 51.1 Å². The summed E-state index contributed by atoms with van der Waals surface area (Å²) in [6.45, 7) is 8.61. The van der Waals surface area contributed by atoms with Crippen LogP contribution in [0.1, 0.15) is 26.3 Å². The zero-order valence-corrected chi connectivity index (χ0v) is 13.4. The highest BCUT2D eigenvalue weighted by molar-refractivity contribution is 6.28. The number of benzene rings is 1. The predicted molar refractivity (Wildman–Crippen MR) is 84.5 cm³/mol. The van der Waals surface area contributed by atoms with Gasteiger partial charge in [0.1, 0.15) is 0 Å². The molecule has 0 aliphatic rings. The van der Waals surface area contributed by atoms with Gasteiger partial charge >= 0.3 is 6.01 Å². The van der Waals surface area contributed by atoms with Crippen molar-refractivity contribution < 1.29 is 4.74 Å². The summed E-state index contributed by atoms with van der Waals surface area (Å²) in [5, 5.41) is 0.126. The van der Waals surface area contributed by atoms with Crippen LogP contribution in [0.2, 0.25) is 5.28 Å². The fourth-order valence-corrected chi connectivity index (χ4v) is 2.02. The van der Waals surface area contributed by atoms with Crippen molar-refractivity contribution in [2.24, 2.45) is 0 Å². The molecule has 0 saturated heterocycles. The van der Waals surface area contributed by atoms with Gasteiger partial charge in [-0.25, -0.2) is 0 Å². The highest BCUT2D eigenvalue weighted by atomic mass is 35.5. The number of anilines is 2. The minimum absolute atomic E-state index is 0.0224. The largest absolute Gasteiger partial charge is 0.461 e. The van der Waals surface area contributed by atoms with Gasteiger partial charge in [0.15, 0.2) is 0 Å². The first-order chi connectivity index (χ1) is 9.99. The van der Waals surface area contributed by atoms with Gasteiger partial charge in [-0.2, -0.15) is 15.0 Å². The van der Waals surface area contributed by atoms with E-state index in [0.717, 1.165) is 5.69 Å². The Morgan fingerprint density at radius 2 is 1.81 bits per heavy atom. The summed E-state index contributed by atoms with van der Waals surface area (Å²) >= 11 is 5.98. The van der Waals surface area contributed by atoms with Crippen molar-refractivity contribution in [3.8, 4) is 6.01 Å². The monoisotopic (exact) mass is 306 g/mol. The van der Waals surface area contributed by atoms with Gasteiger partial charge in [-0.15, -0.1) is 0 Å². The SMILES string of the molecule is CCN(c1ccc(C)cc1)c1nc(Cl)nc(OC(C)C)n1. The van der Waals surface area contributed by atoms with Crippen LogP contribution in [-0.2, 0) is 0 Å². The Hall–Kier alpha value is -1.88. The molecule has 0 N–H and O–H groups in total. The molecule has 0 bridgehead atoms. The smallest absolute Gasteiger partial charge is 0.322 e. The van der Waals surface area contributed by atoms with Gasteiger partial charge in [-0.3, -0.25) is 0 Å². The van der Waals surface area contributed by atoms with Gasteiger partial charge in [0.2, 0.25) is 11.2 Å². The normalized spacial score (nSPS) is 10.8. The molecular weight excluding hydrogens is 288 g/mol. The Kier molecular flexibility index (Phi) is 4.96. The molecule has 0 saturated carbocycles. The molecule has 0 unspecified atom stereocenters. The molecule has 0 spiro atoms. The standard InChI is InChI=1S/C15H19ClN4O/c1-5-20(12-8-6-11(4)7-9-12)14-17-13(16)18-15(19-14)21-10(2)3/h6-10H,5H2,1-4H3. The minimum atomic E-state index is -0.0224. The van der Waals surface area contributed by atoms with Crippen molar-refractivity contribution in [2.75, 3.05) is 11.4 Å². The van der Waals surface area contributed by atoms with Gasteiger partial charge in [-0.05, 0) is 51.4 Å². The molecule has 1 aromatic carbocycles. The number of hydrogen-bond donors (Lipinski definition) is 0. The van der Waals surface area contributed by atoms with E-state index in [-0.39, 0.29) is 17.4 Å². The van der Waals surface area contributed by atoms with Crippen LogP contribution in [0.3, 0.4) is 0 Å². The summed E-state index contributed by atoms with van der Waals surface area (Å²) in [5.41, 5.74) is 2.20. The second-order valence-electron chi connectivity index (χ2n) is 4.93. The van der Waals surface area contributed by atoms with Crippen LogP contribution in [0, 0.1) is 6.92 Å². The van der Waals surface area contributed by atoms with Crippen LogP contribution in [0.4, 0.5) is 11.6 Å². The molecule has 2 rings (SSSR count). The average molecular weight is 307 g/mol. The zero-order valence-electron chi connectivity index (χ0n) is 12.7. The Morgan fingerprint density at radius 1 is 1.14 bits per heavy atom. The summed E-state index contributed by atoms with van der Waals surface area (Å²) in [6, 6.07) is 8.39. The van der Waals surface area contributed by atoms with Crippen LogP contribution >= 0.6 is 11.6 Å². The molecule has 0 fully saturated rings. The summed E-state index contributed by atoms with van der Waals surface area (Å²) in [5.74, 6) is 0.483. The number of halogens is 1. The fraction of sp³-hybridized carbons (Fsp3) is 0.400. The van der Waals surface area contributed by atoms with Crippen molar-refractivity contribution in [3.63, 3.8) is 0 Å². The number of nitrogens with zero attached hydrogens (tertiary/aromatic N) is 4. The van der Waals surface area contributed by atoms with E-state index in [2.05, 4.69) is 21.9 Å². The average Bonchev–Trinajstić information content (AvgIpc) is 2.40. The Labute approximate surface area is 130 Å². The van der Waals surface area contributed by atoms with Crippen LogP contribution in [0.25, 0.3) is 0 Å². The predicted octanol–water partition coefficient (Wildman–Crippen LogP) is 3.78. The molecular formula is C15H19ClN4O. The molecule has 112 valence electrons. The molecule has 2 aromatic rings. The molecule has 1 aromatic heterocycles. The second kappa shape index (κ2) is 6.72. The quantitative estimate of drug-likeness (QED) is 0.841. The third-order valence-electron chi connectivity index (χ3n) is 2.82. The van der Waals surface area contributed by atoms with Crippen molar-refractivity contribution in [1.29, 1.82) is 0 Å². The number of rotatable bonds is 5. The first kappa shape index (κ1) is 15.5. The van der Waals surface area contributed by atoms with Crippen molar-refractivity contribution in [2.45, 2.75) is 33.8 Å². The first-order valence-corrected chi connectivity index (χ1v) is 7.30. The van der Waals surface area contributed by atoms with E-state index >= 15 is 0 Å². The summed E-state index contributed by atoms with van der Waals surface area (Å²) in [4.78, 5) is 14.5. The van der Waals surface area contributed by atoms with Crippen LogP contribution in [0.5, 0.6) is 6.01 Å². The molecule has 0 aliphatic heterocycles. The fourth-order valence-electron chi connectivity index (χ4n) is 1.87. The summed E-state index contributed by atoms with van der Waals surface area (Å²) < 4.78 is 5.51. The van der Waals surface area contributed by atoms with Gasteiger partial charge in [0, 0.05) is 12.2 Å². The van der Waals surface area contributed by atoms with Crippen molar-refractivity contribution in [3.05, 3.63) is 35.1 Å². The maximum absolute atomic E-state index is 5.98. The van der Waals surface area contributed by atoms with Gasteiger partial charge in [-0.1, -0.05) is 17.7 Å². The van der Waals surface area contributed by atoms with E-state index in [1.165, 1.54) is 5.56 Å². The van der Waals surface area contributed by atoms with E-state index in [4.69, 9.17) is 16.3 Å². The Bertz CT molecular complexity index is 601. The third kappa shape index (κ3) is 4.04. The number of aromatic nitrogens is 3. The van der Waals surface area contributed by atoms with E-state index in [9.17, 15) is 0 Å². The molecule has 21 heavy (non-hydrogen) atoms. The number of aryl methyl sites for hydroxylation is 1. The van der Waals surface area contributed by atoms with Crippen LogP contribution in [0.15, 0.2) is 24.3 Å². The van der Waals surface area contributed by atoms with Crippen LogP contribution < -0.4 is 9.64 Å². The van der Waals surface area contributed by atoms with Gasteiger partial charge < -0.3 is 9.64 Å². The molecule has 6 heteroatoms. The molecule has 1 heterocycles. The number of hydrogen-bond acceptors (Lipinski definition) is 5. The maximum Gasteiger partial charge on any atom is 0.322 e. The zero-order chi connectivity index (χ0) is 15.4. The van der Waals surface area contributed by atoms with Crippen molar-refractivity contribution >= 4 is 23.2 Å². The van der Waals surface area contributed by atoms with Gasteiger partial charge in [0.25, 0.3) is 0 Å². The first-order valence-electron chi connectivity index (χ1n) is 6.92. The van der Waals surface area contributed by atoms with Crippen LogP contribution in [-0.4, -0.2) is 27.6 Å². The van der Waals surface area contributed by atoms with E-state index < -0.39 is 0 Å². The molecule has 5 nitrogen and oxygen atoms in total. The lowest BCUT2D eigenvalue weighted by Crippen LogP contribution is -2.20. The molecule has 0 aliphatic carbocycles. The Balaban J connectivity index is 2.37. The van der Waals surface area contributed by atoms with E-state index in [1.54, 1.807) is 0 Å². The third-order valence-corrected chi connectivity index (χ3v) is 2.99. The summed E-state index contributed by atoms with van der Waals surface area (Å²) in [7, 11) is 0. The van der Waals surface area contributed by atoms with Crippen molar-refractivity contribution in [1.82, 2.24) is 15.0 Å². The second-order valence-corrected chi connectivity index (χ2v) is 5.27. The minimum Gasteiger partial charge on any atom is -0.461 e. The summed E-state index contributed by atoms with van der Waals surface area (Å²) in [6.07, 6.45) is -0.0224. The lowest BCUT2D eigenvalue weighted by molar-refractivity contribution is 0.221.